The van der Waals surface area contributed by atoms with Gasteiger partial charge >= 0.3 is 0 Å². The summed E-state index contributed by atoms with van der Waals surface area (Å²) in [5.74, 6) is 0.396. The number of hydrogen-bond acceptors (Lipinski definition) is 2. The third kappa shape index (κ3) is 2.64. The lowest BCUT2D eigenvalue weighted by atomic mass is 9.69. The highest BCUT2D eigenvalue weighted by atomic mass is 35.5. The molecule has 0 aromatic carbocycles. The summed E-state index contributed by atoms with van der Waals surface area (Å²) >= 11 is 0. The Hall–Kier alpha value is -0.280. The molecule has 1 aliphatic heterocycles. The molecule has 0 radical (unpaired) electrons. The van der Waals surface area contributed by atoms with Crippen LogP contribution < -0.4 is 5.32 Å². The first-order valence-corrected chi connectivity index (χ1v) is 5.72. The van der Waals surface area contributed by atoms with Crippen molar-refractivity contribution in [3.63, 3.8) is 0 Å². The smallest absolute Gasteiger partial charge is 0.228 e. The first kappa shape index (κ1) is 12.8. The summed E-state index contributed by atoms with van der Waals surface area (Å²) in [6.45, 7) is 5.98. The zero-order valence-corrected chi connectivity index (χ0v) is 10.2. The van der Waals surface area contributed by atoms with Crippen LogP contribution in [-0.2, 0) is 4.79 Å². The molecule has 1 heterocycles. The van der Waals surface area contributed by atoms with Crippen molar-refractivity contribution in [2.75, 3.05) is 26.2 Å². The van der Waals surface area contributed by atoms with Crippen molar-refractivity contribution in [2.24, 2.45) is 5.41 Å². The summed E-state index contributed by atoms with van der Waals surface area (Å²) in [5, 5.41) is 3.33. The third-order valence-corrected chi connectivity index (χ3v) is 3.60. The third-order valence-electron chi connectivity index (χ3n) is 3.60. The lowest BCUT2D eigenvalue weighted by molar-refractivity contribution is -0.145. The second-order valence-electron chi connectivity index (χ2n) is 4.81. The van der Waals surface area contributed by atoms with Gasteiger partial charge in [-0.3, -0.25) is 4.79 Å². The van der Waals surface area contributed by atoms with Gasteiger partial charge in [0.15, 0.2) is 0 Å². The molecule has 88 valence electrons. The molecule has 1 saturated heterocycles. The van der Waals surface area contributed by atoms with Gasteiger partial charge in [0.2, 0.25) is 5.91 Å². The van der Waals surface area contributed by atoms with E-state index < -0.39 is 0 Å². The molecule has 2 rings (SSSR count). The Bertz CT molecular complexity index is 221. The summed E-state index contributed by atoms with van der Waals surface area (Å²) in [6, 6.07) is 0. The SMILES string of the molecule is CC1(C(=O)N2CCCNCC2)CCC1.Cl. The fourth-order valence-corrected chi connectivity index (χ4v) is 2.35. The lowest BCUT2D eigenvalue weighted by Crippen LogP contribution is -2.47. The highest BCUT2D eigenvalue weighted by Gasteiger charge is 2.41. The minimum Gasteiger partial charge on any atom is -0.341 e. The maximum absolute atomic E-state index is 12.2. The molecule has 1 aliphatic carbocycles. The van der Waals surface area contributed by atoms with Crippen LogP contribution in [0.25, 0.3) is 0 Å². The first-order chi connectivity index (χ1) is 6.72. The van der Waals surface area contributed by atoms with Crippen LogP contribution in [0.15, 0.2) is 0 Å². The van der Waals surface area contributed by atoms with E-state index in [0.29, 0.717) is 5.91 Å². The summed E-state index contributed by atoms with van der Waals surface area (Å²) in [6.07, 6.45) is 4.52. The Labute approximate surface area is 98.0 Å². The number of amides is 1. The second kappa shape index (κ2) is 5.17. The quantitative estimate of drug-likeness (QED) is 0.742. The summed E-state index contributed by atoms with van der Waals surface area (Å²) in [5.41, 5.74) is -0.00958. The van der Waals surface area contributed by atoms with Crippen molar-refractivity contribution in [3.8, 4) is 0 Å². The van der Waals surface area contributed by atoms with Crippen LogP contribution in [0.1, 0.15) is 32.6 Å². The Morgan fingerprint density at radius 1 is 1.20 bits per heavy atom. The summed E-state index contributed by atoms with van der Waals surface area (Å²) in [4.78, 5) is 14.2. The highest BCUT2D eigenvalue weighted by molar-refractivity contribution is 5.85. The van der Waals surface area contributed by atoms with Gasteiger partial charge in [-0.15, -0.1) is 12.4 Å². The normalized spacial score (nSPS) is 24.7. The number of nitrogens with one attached hydrogen (secondary N) is 1. The van der Waals surface area contributed by atoms with Gasteiger partial charge < -0.3 is 10.2 Å². The fraction of sp³-hybridized carbons (Fsp3) is 0.909. The van der Waals surface area contributed by atoms with Crippen LogP contribution in [0.4, 0.5) is 0 Å². The van der Waals surface area contributed by atoms with E-state index in [4.69, 9.17) is 0 Å². The van der Waals surface area contributed by atoms with Crippen LogP contribution >= 0.6 is 12.4 Å². The Morgan fingerprint density at radius 3 is 2.53 bits per heavy atom. The number of nitrogens with zero attached hydrogens (tertiary/aromatic N) is 1. The Balaban J connectivity index is 0.00000112. The number of carbonyl (C=O) groups excluding carboxylic acids is 1. The minimum atomic E-state index is -0.00958. The van der Waals surface area contributed by atoms with Crippen LogP contribution in [0.5, 0.6) is 0 Å². The number of carbonyl (C=O) groups is 1. The molecule has 1 amide bonds. The van der Waals surface area contributed by atoms with E-state index in [-0.39, 0.29) is 17.8 Å². The molecule has 1 saturated carbocycles. The Morgan fingerprint density at radius 2 is 1.93 bits per heavy atom. The van der Waals surface area contributed by atoms with Gasteiger partial charge in [0.05, 0.1) is 0 Å². The molecule has 0 aromatic rings. The molecular formula is C11H21ClN2O. The number of rotatable bonds is 1. The van der Waals surface area contributed by atoms with Gasteiger partial charge in [-0.1, -0.05) is 13.3 Å². The van der Waals surface area contributed by atoms with Crippen LogP contribution in [-0.4, -0.2) is 37.0 Å². The largest absolute Gasteiger partial charge is 0.341 e. The van der Waals surface area contributed by atoms with E-state index in [9.17, 15) is 4.79 Å². The number of hydrogen-bond donors (Lipinski definition) is 1. The van der Waals surface area contributed by atoms with Gasteiger partial charge in [-0.2, -0.15) is 0 Å². The topological polar surface area (TPSA) is 32.3 Å². The lowest BCUT2D eigenvalue weighted by Gasteiger charge is -2.40. The van der Waals surface area contributed by atoms with Crippen molar-refractivity contribution in [3.05, 3.63) is 0 Å². The first-order valence-electron chi connectivity index (χ1n) is 5.72. The molecule has 15 heavy (non-hydrogen) atoms. The highest BCUT2D eigenvalue weighted by Crippen LogP contribution is 2.41. The minimum absolute atomic E-state index is 0. The average Bonchev–Trinajstić information content (AvgIpc) is 2.41. The van der Waals surface area contributed by atoms with Crippen molar-refractivity contribution in [1.82, 2.24) is 10.2 Å². The molecule has 0 spiro atoms. The molecule has 0 aromatic heterocycles. The molecule has 3 nitrogen and oxygen atoms in total. The molecule has 2 fully saturated rings. The second-order valence-corrected chi connectivity index (χ2v) is 4.81. The zero-order valence-electron chi connectivity index (χ0n) is 9.42. The standard InChI is InChI=1S/C11H20N2O.ClH/c1-11(4-2-5-11)10(14)13-8-3-6-12-7-9-13;/h12H,2-9H2,1H3;1H. The molecular weight excluding hydrogens is 212 g/mol. The zero-order chi connectivity index (χ0) is 10.0. The van der Waals surface area contributed by atoms with Crippen molar-refractivity contribution in [1.29, 1.82) is 0 Å². The van der Waals surface area contributed by atoms with Crippen molar-refractivity contribution in [2.45, 2.75) is 32.6 Å². The monoisotopic (exact) mass is 232 g/mol. The van der Waals surface area contributed by atoms with E-state index in [0.717, 1.165) is 45.4 Å². The summed E-state index contributed by atoms with van der Waals surface area (Å²) < 4.78 is 0. The van der Waals surface area contributed by atoms with Crippen LogP contribution in [0.2, 0.25) is 0 Å². The maximum atomic E-state index is 12.2. The number of halogens is 1. The predicted octanol–water partition coefficient (Wildman–Crippen LogP) is 1.42. The van der Waals surface area contributed by atoms with E-state index in [1.54, 1.807) is 0 Å². The van der Waals surface area contributed by atoms with Crippen molar-refractivity contribution >= 4 is 18.3 Å². The Kier molecular flexibility index (Phi) is 4.41. The van der Waals surface area contributed by atoms with Crippen molar-refractivity contribution < 1.29 is 4.79 Å². The van der Waals surface area contributed by atoms with E-state index in [1.165, 1.54) is 6.42 Å². The van der Waals surface area contributed by atoms with Gasteiger partial charge in [0.1, 0.15) is 0 Å². The molecule has 2 aliphatic rings. The molecule has 4 heteroatoms. The van der Waals surface area contributed by atoms with Gasteiger partial charge in [0.25, 0.3) is 0 Å². The fourth-order valence-electron chi connectivity index (χ4n) is 2.35. The van der Waals surface area contributed by atoms with Crippen LogP contribution in [0, 0.1) is 5.41 Å². The molecule has 0 unspecified atom stereocenters. The van der Waals surface area contributed by atoms with Gasteiger partial charge in [0, 0.05) is 25.0 Å². The van der Waals surface area contributed by atoms with E-state index in [1.807, 2.05) is 0 Å². The average molecular weight is 233 g/mol. The molecule has 0 atom stereocenters. The summed E-state index contributed by atoms with van der Waals surface area (Å²) in [7, 11) is 0. The van der Waals surface area contributed by atoms with Gasteiger partial charge in [-0.25, -0.2) is 0 Å². The van der Waals surface area contributed by atoms with E-state index in [2.05, 4.69) is 17.1 Å². The molecule has 0 bridgehead atoms. The van der Waals surface area contributed by atoms with Gasteiger partial charge in [-0.05, 0) is 25.8 Å². The van der Waals surface area contributed by atoms with Crippen LogP contribution in [0.3, 0.4) is 0 Å². The predicted molar refractivity (Wildman–Crippen MR) is 63.3 cm³/mol. The molecule has 1 N–H and O–H groups in total. The van der Waals surface area contributed by atoms with E-state index >= 15 is 0 Å². The maximum Gasteiger partial charge on any atom is 0.228 e.